The zero-order valence-corrected chi connectivity index (χ0v) is 14.0. The third kappa shape index (κ3) is 2.81. The molecule has 2 N–H and O–H groups in total. The van der Waals surface area contributed by atoms with Crippen LogP contribution >= 0.6 is 0 Å². The van der Waals surface area contributed by atoms with Crippen molar-refractivity contribution in [3.63, 3.8) is 0 Å². The normalized spacial score (nSPS) is 22.9. The van der Waals surface area contributed by atoms with Crippen molar-refractivity contribution in [2.24, 2.45) is 0 Å². The van der Waals surface area contributed by atoms with Crippen LogP contribution in [0.5, 0.6) is 0 Å². The summed E-state index contributed by atoms with van der Waals surface area (Å²) in [6.45, 7) is 9.16. The van der Waals surface area contributed by atoms with Crippen molar-refractivity contribution in [2.75, 3.05) is 0 Å². The van der Waals surface area contributed by atoms with Gasteiger partial charge < -0.3 is 10.4 Å². The summed E-state index contributed by atoms with van der Waals surface area (Å²) in [5, 5.41) is 11.7. The molecule has 1 aromatic rings. The monoisotopic (exact) mass is 318 g/mol. The number of hydrogen-bond acceptors (Lipinski definition) is 3. The zero-order chi connectivity index (χ0) is 17.6. The van der Waals surface area contributed by atoms with E-state index in [-0.39, 0.29) is 5.41 Å². The molecule has 6 nitrogen and oxygen atoms in total. The highest BCUT2D eigenvalue weighted by Gasteiger charge is 2.51. The molecule has 1 heterocycles. The van der Waals surface area contributed by atoms with Crippen molar-refractivity contribution in [1.29, 1.82) is 0 Å². The van der Waals surface area contributed by atoms with Crippen molar-refractivity contribution in [1.82, 2.24) is 10.2 Å². The Morgan fingerprint density at radius 2 is 1.74 bits per heavy atom. The van der Waals surface area contributed by atoms with Gasteiger partial charge in [0.15, 0.2) is 0 Å². The van der Waals surface area contributed by atoms with Gasteiger partial charge in [0.25, 0.3) is 5.91 Å². The summed E-state index contributed by atoms with van der Waals surface area (Å²) in [6.07, 6.45) is 0. The molecule has 2 rings (SSSR count). The van der Waals surface area contributed by atoms with E-state index in [0.717, 1.165) is 10.5 Å². The second kappa shape index (κ2) is 5.37. The molecule has 1 saturated heterocycles. The highest BCUT2D eigenvalue weighted by atomic mass is 16.4. The summed E-state index contributed by atoms with van der Waals surface area (Å²) in [5.74, 6) is -1.78. The summed E-state index contributed by atoms with van der Waals surface area (Å²) >= 11 is 0. The number of rotatable bonds is 3. The molecule has 1 aliphatic heterocycles. The summed E-state index contributed by atoms with van der Waals surface area (Å²) in [6, 6.07) is 5.54. The Morgan fingerprint density at radius 3 is 2.17 bits per heavy atom. The first kappa shape index (κ1) is 17.0. The van der Waals surface area contributed by atoms with Crippen LogP contribution in [0.15, 0.2) is 24.3 Å². The van der Waals surface area contributed by atoms with Gasteiger partial charge in [0.05, 0.1) is 0 Å². The Labute approximate surface area is 135 Å². The van der Waals surface area contributed by atoms with E-state index in [9.17, 15) is 14.4 Å². The smallest absolute Gasteiger partial charge is 0.326 e. The van der Waals surface area contributed by atoms with Crippen molar-refractivity contribution in [2.45, 2.75) is 51.6 Å². The summed E-state index contributed by atoms with van der Waals surface area (Å²) < 4.78 is 0. The van der Waals surface area contributed by atoms with Gasteiger partial charge in [-0.05, 0) is 30.4 Å². The number of nitrogens with one attached hydrogen (secondary N) is 1. The molecule has 6 heteroatoms. The molecule has 1 fully saturated rings. The molecule has 0 radical (unpaired) electrons. The molecule has 0 bridgehead atoms. The lowest BCUT2D eigenvalue weighted by atomic mass is 9.84. The maximum absolute atomic E-state index is 12.6. The van der Waals surface area contributed by atoms with Gasteiger partial charge in [0.1, 0.15) is 11.6 Å². The molecule has 0 aromatic heterocycles. The van der Waals surface area contributed by atoms with Crippen molar-refractivity contribution >= 4 is 17.9 Å². The molecular weight excluding hydrogens is 296 g/mol. The molecule has 2 unspecified atom stereocenters. The average molecular weight is 318 g/mol. The lowest BCUT2D eigenvalue weighted by molar-refractivity contribution is -0.147. The lowest BCUT2D eigenvalue weighted by Gasteiger charge is -2.25. The predicted octanol–water partition coefficient (Wildman–Crippen LogP) is 2.22. The number of hydrogen-bond donors (Lipinski definition) is 2. The summed E-state index contributed by atoms with van der Waals surface area (Å²) in [4.78, 5) is 36.6. The maximum Gasteiger partial charge on any atom is 0.326 e. The van der Waals surface area contributed by atoms with E-state index in [1.54, 1.807) is 19.1 Å². The highest BCUT2D eigenvalue weighted by Crippen LogP contribution is 2.31. The molecule has 1 aliphatic rings. The fraction of sp³-hybridized carbons (Fsp3) is 0.471. The number of nitrogens with zero attached hydrogens (tertiary/aromatic N) is 1. The van der Waals surface area contributed by atoms with Gasteiger partial charge in [0, 0.05) is 0 Å². The largest absolute Gasteiger partial charge is 0.480 e. The number of benzene rings is 1. The van der Waals surface area contributed by atoms with Crippen LogP contribution in [0.3, 0.4) is 0 Å². The molecule has 124 valence electrons. The van der Waals surface area contributed by atoms with Crippen molar-refractivity contribution in [3.05, 3.63) is 35.4 Å². The van der Waals surface area contributed by atoms with E-state index in [1.165, 1.54) is 6.92 Å². The Morgan fingerprint density at radius 1 is 1.22 bits per heavy atom. The fourth-order valence-electron chi connectivity index (χ4n) is 2.62. The zero-order valence-electron chi connectivity index (χ0n) is 14.0. The van der Waals surface area contributed by atoms with Crippen LogP contribution in [0, 0.1) is 0 Å². The maximum atomic E-state index is 12.6. The molecule has 0 saturated carbocycles. The van der Waals surface area contributed by atoms with Crippen LogP contribution < -0.4 is 5.32 Å². The SMILES string of the molecule is CC(C(=O)O)N1C(=O)NC(C)(c2ccc(C(C)(C)C)cc2)C1=O. The number of carbonyl (C=O) groups excluding carboxylic acids is 2. The van der Waals surface area contributed by atoms with E-state index in [1.807, 2.05) is 12.1 Å². The van der Waals surface area contributed by atoms with Gasteiger partial charge in [-0.25, -0.2) is 14.5 Å². The number of aliphatic carboxylic acids is 1. The number of carboxylic acid groups (broad SMARTS) is 1. The molecule has 0 spiro atoms. The standard InChI is InChI=1S/C17H22N2O4/c1-10(13(20)21)19-14(22)17(5,18-15(19)23)12-8-6-11(7-9-12)16(2,3)4/h6-10H,1-5H3,(H,18,23)(H,20,21). The molecular formula is C17H22N2O4. The highest BCUT2D eigenvalue weighted by molar-refractivity contribution is 6.09. The van der Waals surface area contributed by atoms with E-state index in [2.05, 4.69) is 26.1 Å². The summed E-state index contributed by atoms with van der Waals surface area (Å²) in [7, 11) is 0. The van der Waals surface area contributed by atoms with Gasteiger partial charge in [-0.3, -0.25) is 4.79 Å². The van der Waals surface area contributed by atoms with E-state index in [4.69, 9.17) is 5.11 Å². The second-order valence-electron chi connectivity index (χ2n) is 7.07. The van der Waals surface area contributed by atoms with Crippen LogP contribution in [0.1, 0.15) is 45.7 Å². The molecule has 2 atom stereocenters. The molecule has 1 aromatic carbocycles. The van der Waals surface area contributed by atoms with Gasteiger partial charge >= 0.3 is 12.0 Å². The molecule has 0 aliphatic carbocycles. The first-order chi connectivity index (χ1) is 10.5. The van der Waals surface area contributed by atoms with Gasteiger partial charge in [0.2, 0.25) is 0 Å². The van der Waals surface area contributed by atoms with Crippen LogP contribution in [-0.2, 0) is 20.5 Å². The Hall–Kier alpha value is -2.37. The van der Waals surface area contributed by atoms with Crippen LogP contribution in [-0.4, -0.2) is 34.0 Å². The van der Waals surface area contributed by atoms with Crippen molar-refractivity contribution < 1.29 is 19.5 Å². The number of carboxylic acids is 1. The third-order valence-corrected chi connectivity index (χ3v) is 4.30. The van der Waals surface area contributed by atoms with E-state index < -0.39 is 29.5 Å². The molecule has 23 heavy (non-hydrogen) atoms. The third-order valence-electron chi connectivity index (χ3n) is 4.30. The van der Waals surface area contributed by atoms with Crippen LogP contribution in [0.4, 0.5) is 4.79 Å². The predicted molar refractivity (Wildman–Crippen MR) is 85.0 cm³/mol. The number of amides is 3. The number of urea groups is 1. The first-order valence-electron chi connectivity index (χ1n) is 7.48. The minimum atomic E-state index is -1.25. The molecule has 3 amide bonds. The minimum absolute atomic E-state index is 0.0216. The second-order valence-corrected chi connectivity index (χ2v) is 7.07. The van der Waals surface area contributed by atoms with Crippen LogP contribution in [0.2, 0.25) is 0 Å². The number of imide groups is 1. The average Bonchev–Trinajstić information content (AvgIpc) is 2.68. The lowest BCUT2D eigenvalue weighted by Crippen LogP contribution is -2.45. The van der Waals surface area contributed by atoms with Crippen LogP contribution in [0.25, 0.3) is 0 Å². The van der Waals surface area contributed by atoms with E-state index in [0.29, 0.717) is 5.56 Å². The fourth-order valence-corrected chi connectivity index (χ4v) is 2.62. The Kier molecular flexibility index (Phi) is 3.96. The summed E-state index contributed by atoms with van der Waals surface area (Å²) in [5.41, 5.74) is 0.463. The number of carbonyl (C=O) groups is 3. The van der Waals surface area contributed by atoms with E-state index >= 15 is 0 Å². The first-order valence-corrected chi connectivity index (χ1v) is 7.48. The Balaban J connectivity index is 2.38. The Bertz CT molecular complexity index is 660. The van der Waals surface area contributed by atoms with Crippen molar-refractivity contribution in [3.8, 4) is 0 Å². The topological polar surface area (TPSA) is 86.7 Å². The minimum Gasteiger partial charge on any atom is -0.480 e. The van der Waals surface area contributed by atoms with Gasteiger partial charge in [-0.2, -0.15) is 0 Å². The van der Waals surface area contributed by atoms with Gasteiger partial charge in [-0.15, -0.1) is 0 Å². The van der Waals surface area contributed by atoms with Gasteiger partial charge in [-0.1, -0.05) is 45.0 Å². The quantitative estimate of drug-likeness (QED) is 0.837.